The van der Waals surface area contributed by atoms with E-state index in [0.29, 0.717) is 16.3 Å². The minimum atomic E-state index is -3.42. The highest BCUT2D eigenvalue weighted by Crippen LogP contribution is 2.34. The lowest BCUT2D eigenvalue weighted by molar-refractivity contribution is 0.501. The van der Waals surface area contributed by atoms with Crippen LogP contribution in [0.3, 0.4) is 0 Å². The number of nitrogens with one attached hydrogen (secondary N) is 1. The van der Waals surface area contributed by atoms with E-state index in [-0.39, 0.29) is 0 Å². The number of nitrogens with zero attached hydrogens (tertiary/aromatic N) is 2. The molecule has 0 fully saturated rings. The first-order valence-electron chi connectivity index (χ1n) is 7.60. The van der Waals surface area contributed by atoms with Gasteiger partial charge in [0.1, 0.15) is 5.69 Å². The fourth-order valence-corrected chi connectivity index (χ4v) is 4.80. The van der Waals surface area contributed by atoms with Gasteiger partial charge in [-0.1, -0.05) is 0 Å². The standard InChI is InChI=1S/C17H25N3O2S/c1-9-10(2)12(4)17(13(5)11(9)3)23(21,22)19-16-14(6)18-20(8)15(16)7/h1-8H3,(H-,19,21,22)/p+1. The molecular weight excluding hydrogens is 310 g/mol. The Bertz CT molecular complexity index is 808. The SMILES string of the molecule is Cc1nn(C)c(C)c1N[S+](=O)(O)c1c(C)c(C)c(C)c(C)c1C. The number of aromatic nitrogens is 2. The maximum Gasteiger partial charge on any atom is 0.346 e. The van der Waals surface area contributed by atoms with E-state index >= 15 is 0 Å². The predicted octanol–water partition coefficient (Wildman–Crippen LogP) is 3.94. The van der Waals surface area contributed by atoms with Crippen molar-refractivity contribution in [2.24, 2.45) is 7.05 Å². The monoisotopic (exact) mass is 336 g/mol. The lowest BCUT2D eigenvalue weighted by atomic mass is 9.95. The second-order valence-corrected chi connectivity index (χ2v) is 7.92. The summed E-state index contributed by atoms with van der Waals surface area (Å²) in [5.74, 6) is 0. The molecule has 6 heteroatoms. The molecule has 2 N–H and O–H groups in total. The molecule has 0 spiro atoms. The Balaban J connectivity index is 2.63. The minimum Gasteiger partial charge on any atom is -0.270 e. The van der Waals surface area contributed by atoms with Gasteiger partial charge in [-0.05, 0) is 69.4 Å². The molecule has 2 aromatic rings. The Labute approximate surface area is 139 Å². The van der Waals surface area contributed by atoms with Gasteiger partial charge in [0.25, 0.3) is 0 Å². The summed E-state index contributed by atoms with van der Waals surface area (Å²) in [7, 11) is -1.60. The van der Waals surface area contributed by atoms with Crippen molar-refractivity contribution in [3.63, 3.8) is 0 Å². The average Bonchev–Trinajstić information content (AvgIpc) is 2.69. The molecule has 0 saturated heterocycles. The third-order valence-electron chi connectivity index (χ3n) is 4.96. The molecule has 0 saturated carbocycles. The van der Waals surface area contributed by atoms with Gasteiger partial charge in [0.15, 0.2) is 0 Å². The molecule has 0 amide bonds. The normalized spacial score (nSPS) is 14.0. The van der Waals surface area contributed by atoms with Gasteiger partial charge < -0.3 is 0 Å². The van der Waals surface area contributed by atoms with Crippen LogP contribution >= 0.6 is 0 Å². The molecule has 23 heavy (non-hydrogen) atoms. The predicted molar refractivity (Wildman–Crippen MR) is 95.4 cm³/mol. The Morgan fingerprint density at radius 1 is 0.913 bits per heavy atom. The minimum absolute atomic E-state index is 0.487. The van der Waals surface area contributed by atoms with E-state index in [1.54, 1.807) is 4.68 Å². The summed E-state index contributed by atoms with van der Waals surface area (Å²) in [6.45, 7) is 13.6. The van der Waals surface area contributed by atoms with Crippen LogP contribution in [0.1, 0.15) is 39.2 Å². The Morgan fingerprint density at radius 2 is 1.35 bits per heavy atom. The molecule has 0 bridgehead atoms. The van der Waals surface area contributed by atoms with Crippen molar-refractivity contribution >= 4 is 16.1 Å². The summed E-state index contributed by atoms with van der Waals surface area (Å²) in [6.07, 6.45) is 0. The van der Waals surface area contributed by atoms with Crippen molar-refractivity contribution in [2.45, 2.75) is 53.4 Å². The van der Waals surface area contributed by atoms with Crippen molar-refractivity contribution in [3.8, 4) is 0 Å². The van der Waals surface area contributed by atoms with Crippen LogP contribution in [-0.2, 0) is 21.7 Å². The first-order chi connectivity index (χ1) is 10.5. The molecule has 1 aromatic carbocycles. The third kappa shape index (κ3) is 2.81. The molecule has 126 valence electrons. The summed E-state index contributed by atoms with van der Waals surface area (Å²) >= 11 is 0. The van der Waals surface area contributed by atoms with Gasteiger partial charge >= 0.3 is 10.4 Å². The summed E-state index contributed by atoms with van der Waals surface area (Å²) in [5, 5.41) is 4.30. The lowest BCUT2D eigenvalue weighted by Crippen LogP contribution is -2.24. The van der Waals surface area contributed by atoms with Gasteiger partial charge in [-0.2, -0.15) is 14.4 Å². The number of benzene rings is 1. The number of rotatable bonds is 3. The summed E-state index contributed by atoms with van der Waals surface area (Å²) in [4.78, 5) is 0.487. The third-order valence-corrected chi connectivity index (χ3v) is 6.60. The van der Waals surface area contributed by atoms with Crippen molar-refractivity contribution in [2.75, 3.05) is 4.72 Å². The Kier molecular flexibility index (Phi) is 4.43. The topological polar surface area (TPSA) is 67.2 Å². The zero-order chi connectivity index (χ0) is 17.7. The number of aryl methyl sites for hydroxylation is 2. The van der Waals surface area contributed by atoms with Crippen LogP contribution in [0.4, 0.5) is 5.69 Å². The molecule has 0 aliphatic rings. The molecule has 1 aromatic heterocycles. The summed E-state index contributed by atoms with van der Waals surface area (Å²) in [6, 6.07) is 0. The van der Waals surface area contributed by atoms with Crippen LogP contribution in [0.25, 0.3) is 0 Å². The zero-order valence-corrected chi connectivity index (χ0v) is 16.0. The molecule has 1 unspecified atom stereocenters. The molecule has 1 heterocycles. The number of hydrogen-bond acceptors (Lipinski definition) is 2. The number of anilines is 1. The van der Waals surface area contributed by atoms with Crippen molar-refractivity contribution < 1.29 is 8.76 Å². The molecule has 5 nitrogen and oxygen atoms in total. The van der Waals surface area contributed by atoms with Gasteiger partial charge in [-0.3, -0.25) is 4.68 Å². The van der Waals surface area contributed by atoms with Crippen LogP contribution in [0.15, 0.2) is 4.90 Å². The fraction of sp³-hybridized carbons (Fsp3) is 0.471. The first kappa shape index (κ1) is 17.7. The second-order valence-electron chi connectivity index (χ2n) is 6.25. The van der Waals surface area contributed by atoms with Gasteiger partial charge in [-0.25, -0.2) is 0 Å². The smallest absolute Gasteiger partial charge is 0.270 e. The van der Waals surface area contributed by atoms with E-state index in [1.807, 2.05) is 48.6 Å². The molecule has 2 rings (SSSR count). The lowest BCUT2D eigenvalue weighted by Gasteiger charge is -2.17. The molecule has 1 atom stereocenters. The van der Waals surface area contributed by atoms with E-state index in [1.165, 1.54) is 5.56 Å². The van der Waals surface area contributed by atoms with E-state index in [9.17, 15) is 8.76 Å². The van der Waals surface area contributed by atoms with E-state index in [2.05, 4.69) is 16.7 Å². The second kappa shape index (κ2) is 5.76. The molecular formula is C17H26N3O2S+. The highest BCUT2D eigenvalue weighted by Gasteiger charge is 2.37. The van der Waals surface area contributed by atoms with E-state index in [0.717, 1.165) is 27.9 Å². The Morgan fingerprint density at radius 3 is 1.74 bits per heavy atom. The highest BCUT2D eigenvalue weighted by molar-refractivity contribution is 7.99. The van der Waals surface area contributed by atoms with E-state index < -0.39 is 10.4 Å². The van der Waals surface area contributed by atoms with E-state index in [4.69, 9.17) is 0 Å². The highest BCUT2D eigenvalue weighted by atomic mass is 32.3. The van der Waals surface area contributed by atoms with Crippen molar-refractivity contribution in [3.05, 3.63) is 39.2 Å². The molecule has 0 aliphatic heterocycles. The van der Waals surface area contributed by atoms with Crippen LogP contribution < -0.4 is 4.72 Å². The maximum absolute atomic E-state index is 13.1. The summed E-state index contributed by atoms with van der Waals surface area (Å²) in [5.41, 5.74) is 7.19. The summed E-state index contributed by atoms with van der Waals surface area (Å²) < 4.78 is 28.5. The molecule has 0 aliphatic carbocycles. The quantitative estimate of drug-likeness (QED) is 0.834. The Hall–Kier alpha value is -1.66. The van der Waals surface area contributed by atoms with Crippen molar-refractivity contribution in [1.82, 2.24) is 9.78 Å². The zero-order valence-electron chi connectivity index (χ0n) is 15.2. The van der Waals surface area contributed by atoms with Crippen LogP contribution in [0, 0.1) is 48.5 Å². The van der Waals surface area contributed by atoms with Gasteiger partial charge in [-0.15, -0.1) is 0 Å². The fourth-order valence-electron chi connectivity index (χ4n) is 2.99. The van der Waals surface area contributed by atoms with Crippen LogP contribution in [0.2, 0.25) is 0 Å². The van der Waals surface area contributed by atoms with Crippen LogP contribution in [0.5, 0.6) is 0 Å². The first-order valence-corrected chi connectivity index (χ1v) is 9.12. The maximum atomic E-state index is 13.1. The number of hydrogen-bond donors (Lipinski definition) is 2. The van der Waals surface area contributed by atoms with Gasteiger partial charge in [0.05, 0.1) is 11.4 Å². The van der Waals surface area contributed by atoms with Gasteiger partial charge in [0.2, 0.25) is 4.90 Å². The average molecular weight is 336 g/mol. The molecule has 0 radical (unpaired) electrons. The van der Waals surface area contributed by atoms with Crippen molar-refractivity contribution in [1.29, 1.82) is 0 Å². The largest absolute Gasteiger partial charge is 0.346 e. The van der Waals surface area contributed by atoms with Crippen LogP contribution in [-0.4, -0.2) is 14.3 Å². The van der Waals surface area contributed by atoms with Gasteiger partial charge in [0, 0.05) is 18.2 Å².